The van der Waals surface area contributed by atoms with Gasteiger partial charge in [-0.25, -0.2) is 0 Å². The first-order valence-electron chi connectivity index (χ1n) is 3.31. The van der Waals surface area contributed by atoms with E-state index in [0.717, 1.165) is 5.56 Å². The van der Waals surface area contributed by atoms with Gasteiger partial charge in [0.15, 0.2) is 0 Å². The molecular weight excluding hydrogens is 142 g/mol. The summed E-state index contributed by atoms with van der Waals surface area (Å²) in [6.07, 6.45) is 4.48. The molecule has 59 valence electrons. The van der Waals surface area contributed by atoms with Crippen LogP contribution >= 0.6 is 0 Å². The second-order valence-corrected chi connectivity index (χ2v) is 2.03. The molecule has 1 rings (SSSR count). The lowest BCUT2D eigenvalue weighted by Gasteiger charge is -2.00. The highest BCUT2D eigenvalue weighted by atomic mass is 16.7. The lowest BCUT2D eigenvalue weighted by molar-refractivity contribution is -0.0392. The number of pyridine rings is 1. The van der Waals surface area contributed by atoms with Crippen molar-refractivity contribution in [2.24, 2.45) is 0 Å². The Labute approximate surface area is 66.0 Å². The molecule has 11 heavy (non-hydrogen) atoms. The van der Waals surface area contributed by atoms with Gasteiger partial charge in [0.05, 0.1) is 12.8 Å². The summed E-state index contributed by atoms with van der Waals surface area (Å²) in [6, 6.07) is 3.75. The first kappa shape index (κ1) is 8.17. The van der Waals surface area contributed by atoms with Crippen molar-refractivity contribution in [2.75, 3.05) is 13.9 Å². The molecule has 3 heteroatoms. The van der Waals surface area contributed by atoms with E-state index < -0.39 is 0 Å². The van der Waals surface area contributed by atoms with Gasteiger partial charge in [0.25, 0.3) is 0 Å². The van der Waals surface area contributed by atoms with Crippen molar-refractivity contribution in [3.8, 4) is 0 Å². The monoisotopic (exact) mass is 152 g/mol. The second-order valence-electron chi connectivity index (χ2n) is 2.03. The number of hydrogen-bond acceptors (Lipinski definition) is 3. The molecule has 0 amide bonds. The normalized spacial score (nSPS) is 9.91. The van der Waals surface area contributed by atoms with Crippen molar-refractivity contribution < 1.29 is 9.47 Å². The molecule has 1 aromatic rings. The van der Waals surface area contributed by atoms with Crippen LogP contribution in [0.1, 0.15) is 5.56 Å². The zero-order chi connectivity index (χ0) is 7.94. The Morgan fingerprint density at radius 1 is 1.64 bits per heavy atom. The minimum atomic E-state index is 0.308. The van der Waals surface area contributed by atoms with Gasteiger partial charge in [-0.2, -0.15) is 0 Å². The van der Waals surface area contributed by atoms with E-state index in [-0.39, 0.29) is 0 Å². The molecule has 1 radical (unpaired) electrons. The molecule has 1 aromatic heterocycles. The Morgan fingerprint density at radius 3 is 3.18 bits per heavy atom. The Balaban J connectivity index is 2.28. The Hall–Kier alpha value is -0.930. The molecule has 0 aliphatic heterocycles. The van der Waals surface area contributed by atoms with Gasteiger partial charge >= 0.3 is 0 Å². The summed E-state index contributed by atoms with van der Waals surface area (Å²) in [5.74, 6) is 0. The van der Waals surface area contributed by atoms with E-state index in [1.807, 2.05) is 12.1 Å². The van der Waals surface area contributed by atoms with Gasteiger partial charge < -0.3 is 9.47 Å². The maximum atomic E-state index is 5.08. The maximum Gasteiger partial charge on any atom is 0.146 e. The lowest BCUT2D eigenvalue weighted by atomic mass is 10.3. The number of aromatic nitrogens is 1. The molecule has 0 unspecified atom stereocenters. The molecule has 3 nitrogen and oxygen atoms in total. The van der Waals surface area contributed by atoms with E-state index in [9.17, 15) is 0 Å². The zero-order valence-electron chi connectivity index (χ0n) is 6.41. The van der Waals surface area contributed by atoms with Gasteiger partial charge in [0.1, 0.15) is 6.79 Å². The van der Waals surface area contributed by atoms with E-state index in [4.69, 9.17) is 9.47 Å². The average molecular weight is 152 g/mol. The van der Waals surface area contributed by atoms with Crippen molar-refractivity contribution in [1.29, 1.82) is 0 Å². The highest BCUT2D eigenvalue weighted by molar-refractivity contribution is 5.05. The highest BCUT2D eigenvalue weighted by Gasteiger charge is 1.90. The Bertz CT molecular complexity index is 189. The fraction of sp³-hybridized carbons (Fsp3) is 0.375. The van der Waals surface area contributed by atoms with Crippen molar-refractivity contribution in [2.45, 2.75) is 6.61 Å². The first-order valence-corrected chi connectivity index (χ1v) is 3.31. The number of methoxy groups -OCH3 is 1. The number of ether oxygens (including phenoxy) is 2. The van der Waals surface area contributed by atoms with Crippen LogP contribution in [-0.2, 0) is 16.1 Å². The van der Waals surface area contributed by atoms with Crippen molar-refractivity contribution in [3.63, 3.8) is 0 Å². The van der Waals surface area contributed by atoms with Crippen LogP contribution in [0.2, 0.25) is 0 Å². The van der Waals surface area contributed by atoms with E-state index in [0.29, 0.717) is 13.4 Å². The SMILES string of the molecule is COCOCc1[c]nccc1. The van der Waals surface area contributed by atoms with Crippen LogP contribution < -0.4 is 0 Å². The van der Waals surface area contributed by atoms with Crippen LogP contribution in [0.4, 0.5) is 0 Å². The smallest absolute Gasteiger partial charge is 0.146 e. The molecule has 0 aromatic carbocycles. The summed E-state index contributed by atoms with van der Waals surface area (Å²) in [4.78, 5) is 3.82. The minimum absolute atomic E-state index is 0.308. The third-order valence-corrected chi connectivity index (χ3v) is 1.12. The molecule has 0 aliphatic rings. The van der Waals surface area contributed by atoms with Gasteiger partial charge in [0.2, 0.25) is 0 Å². The molecule has 0 saturated carbocycles. The molecule has 0 fully saturated rings. The predicted molar refractivity (Wildman–Crippen MR) is 39.7 cm³/mol. The zero-order valence-corrected chi connectivity index (χ0v) is 6.41. The van der Waals surface area contributed by atoms with Crippen molar-refractivity contribution in [1.82, 2.24) is 4.98 Å². The molecule has 1 heterocycles. The van der Waals surface area contributed by atoms with Crippen LogP contribution in [0.25, 0.3) is 0 Å². The van der Waals surface area contributed by atoms with Crippen LogP contribution in [0.3, 0.4) is 0 Å². The number of nitrogens with zero attached hydrogens (tertiary/aromatic N) is 1. The quantitative estimate of drug-likeness (QED) is 0.476. The maximum absolute atomic E-state index is 5.08. The molecule has 0 atom stereocenters. The molecule has 0 bridgehead atoms. The Morgan fingerprint density at radius 2 is 2.55 bits per heavy atom. The topological polar surface area (TPSA) is 31.4 Å². The van der Waals surface area contributed by atoms with E-state index in [2.05, 4.69) is 11.2 Å². The first-order chi connectivity index (χ1) is 5.43. The Kier molecular flexibility index (Phi) is 3.58. The highest BCUT2D eigenvalue weighted by Crippen LogP contribution is 1.96. The molecule has 0 saturated heterocycles. The van der Waals surface area contributed by atoms with E-state index in [1.54, 1.807) is 13.3 Å². The molecular formula is C8H10NO2. The van der Waals surface area contributed by atoms with E-state index in [1.165, 1.54) is 0 Å². The standard InChI is InChI=1S/C8H10NO2/c1-10-7-11-6-8-3-2-4-9-5-8/h2-4H,6-7H2,1H3. The fourth-order valence-corrected chi connectivity index (χ4v) is 0.675. The summed E-state index contributed by atoms with van der Waals surface area (Å²) in [5, 5.41) is 0. The third-order valence-electron chi connectivity index (χ3n) is 1.12. The third kappa shape index (κ3) is 3.11. The lowest BCUT2D eigenvalue weighted by Crippen LogP contribution is -1.96. The van der Waals surface area contributed by atoms with Crippen LogP contribution in [-0.4, -0.2) is 18.9 Å². The van der Waals surface area contributed by atoms with Crippen LogP contribution in [0.15, 0.2) is 18.3 Å². The number of rotatable bonds is 4. The summed E-state index contributed by atoms with van der Waals surface area (Å²) >= 11 is 0. The van der Waals surface area contributed by atoms with Crippen molar-refractivity contribution >= 4 is 0 Å². The minimum Gasteiger partial charge on any atom is -0.359 e. The number of hydrogen-bond donors (Lipinski definition) is 0. The molecule has 0 aliphatic carbocycles. The van der Waals surface area contributed by atoms with Crippen molar-refractivity contribution in [3.05, 3.63) is 30.1 Å². The summed E-state index contributed by atoms with van der Waals surface area (Å²) in [6.45, 7) is 0.810. The summed E-state index contributed by atoms with van der Waals surface area (Å²) in [5.41, 5.74) is 0.935. The second kappa shape index (κ2) is 4.82. The van der Waals surface area contributed by atoms with Crippen LogP contribution in [0, 0.1) is 6.20 Å². The van der Waals surface area contributed by atoms with Gasteiger partial charge in [-0.3, -0.25) is 4.98 Å². The summed E-state index contributed by atoms with van der Waals surface area (Å²) in [7, 11) is 1.59. The van der Waals surface area contributed by atoms with Gasteiger partial charge in [0, 0.05) is 18.9 Å². The largest absolute Gasteiger partial charge is 0.359 e. The van der Waals surface area contributed by atoms with Gasteiger partial charge in [-0.1, -0.05) is 6.07 Å². The molecule has 0 spiro atoms. The summed E-state index contributed by atoms with van der Waals surface area (Å²) < 4.78 is 9.78. The average Bonchev–Trinajstić information content (AvgIpc) is 2.07. The van der Waals surface area contributed by atoms with E-state index >= 15 is 0 Å². The van der Waals surface area contributed by atoms with Gasteiger partial charge in [-0.15, -0.1) is 0 Å². The van der Waals surface area contributed by atoms with Gasteiger partial charge in [-0.05, 0) is 6.07 Å². The molecule has 0 N–H and O–H groups in total. The predicted octanol–water partition coefficient (Wildman–Crippen LogP) is 1.00. The fourth-order valence-electron chi connectivity index (χ4n) is 0.675. The van der Waals surface area contributed by atoms with Crippen LogP contribution in [0.5, 0.6) is 0 Å².